The largest absolute Gasteiger partial charge is 0.487 e. The summed E-state index contributed by atoms with van der Waals surface area (Å²) in [4.78, 5) is 31.3. The number of amides is 2. The third-order valence-corrected chi connectivity index (χ3v) is 7.88. The van der Waals surface area contributed by atoms with Gasteiger partial charge in [0, 0.05) is 19.6 Å². The molecule has 2 atom stereocenters. The molecule has 0 saturated heterocycles. The maximum Gasteiger partial charge on any atom is 0.257 e. The number of aryl methyl sites for hydroxylation is 1. The molecule has 5 heteroatoms. The highest BCUT2D eigenvalue weighted by atomic mass is 16.5. The van der Waals surface area contributed by atoms with Gasteiger partial charge in [0.15, 0.2) is 0 Å². The van der Waals surface area contributed by atoms with Crippen LogP contribution in [0.25, 0.3) is 0 Å². The summed E-state index contributed by atoms with van der Waals surface area (Å²) in [6, 6.07) is 15.9. The number of rotatable bonds is 3. The van der Waals surface area contributed by atoms with Gasteiger partial charge >= 0.3 is 0 Å². The fourth-order valence-corrected chi connectivity index (χ4v) is 5.72. The first kappa shape index (κ1) is 26.2. The van der Waals surface area contributed by atoms with E-state index in [1.165, 1.54) is 0 Å². The van der Waals surface area contributed by atoms with E-state index in [2.05, 4.69) is 24.0 Å². The van der Waals surface area contributed by atoms with Crippen LogP contribution in [0.1, 0.15) is 86.2 Å². The van der Waals surface area contributed by atoms with Crippen LogP contribution in [0, 0.1) is 6.92 Å². The van der Waals surface area contributed by atoms with Crippen molar-refractivity contribution in [1.29, 1.82) is 0 Å². The number of carbonyl (C=O) groups excluding carboxylic acids is 2. The fourth-order valence-electron chi connectivity index (χ4n) is 5.72. The first-order valence-electron chi connectivity index (χ1n) is 14.0. The molecule has 1 saturated carbocycles. The Balaban J connectivity index is 1.63. The highest BCUT2D eigenvalue weighted by Crippen LogP contribution is 2.31. The summed E-state index contributed by atoms with van der Waals surface area (Å²) in [5.41, 5.74) is 2.90. The van der Waals surface area contributed by atoms with Crippen LogP contribution < -0.4 is 4.74 Å². The van der Waals surface area contributed by atoms with Gasteiger partial charge in [-0.25, -0.2) is 0 Å². The predicted octanol–water partition coefficient (Wildman–Crippen LogP) is 6.18. The third-order valence-electron chi connectivity index (χ3n) is 7.88. The molecule has 2 aromatic rings. The van der Waals surface area contributed by atoms with Gasteiger partial charge in [0.25, 0.3) is 5.91 Å². The maximum atomic E-state index is 13.8. The monoisotopic (exact) mass is 490 g/mol. The minimum absolute atomic E-state index is 0.0332. The summed E-state index contributed by atoms with van der Waals surface area (Å²) >= 11 is 0. The van der Waals surface area contributed by atoms with Gasteiger partial charge in [0.05, 0.1) is 18.0 Å². The minimum atomic E-state index is -0.103. The van der Waals surface area contributed by atoms with Crippen molar-refractivity contribution < 1.29 is 14.3 Å². The molecule has 36 heavy (non-hydrogen) atoms. The summed E-state index contributed by atoms with van der Waals surface area (Å²) in [6.07, 6.45) is 9.70. The zero-order valence-corrected chi connectivity index (χ0v) is 22.1. The van der Waals surface area contributed by atoms with Crippen LogP contribution >= 0.6 is 0 Å². The SMILES string of the molecule is CCN1CCCCCCCN(C(=O)Cc2ccccc2C)[C@@H]2CCCC[C@@H]2Oc2ccccc2C1=O. The normalized spacial score (nSPS) is 22.0. The van der Waals surface area contributed by atoms with Crippen molar-refractivity contribution >= 4 is 11.8 Å². The molecule has 194 valence electrons. The first-order chi connectivity index (χ1) is 17.6. The number of para-hydroxylation sites is 1. The van der Waals surface area contributed by atoms with Crippen LogP contribution in [-0.4, -0.2) is 53.4 Å². The molecular formula is C31H42N2O3. The Morgan fingerprint density at radius 3 is 2.39 bits per heavy atom. The van der Waals surface area contributed by atoms with Crippen molar-refractivity contribution in [3.63, 3.8) is 0 Å². The number of carbonyl (C=O) groups is 2. The average molecular weight is 491 g/mol. The molecule has 0 spiro atoms. The van der Waals surface area contributed by atoms with Gasteiger partial charge in [-0.05, 0) is 69.2 Å². The van der Waals surface area contributed by atoms with Crippen molar-refractivity contribution in [3.05, 3.63) is 65.2 Å². The van der Waals surface area contributed by atoms with Gasteiger partial charge in [-0.3, -0.25) is 9.59 Å². The lowest BCUT2D eigenvalue weighted by molar-refractivity contribution is -0.136. The van der Waals surface area contributed by atoms with Gasteiger partial charge in [0.2, 0.25) is 5.91 Å². The number of nitrogens with zero attached hydrogens (tertiary/aromatic N) is 2. The molecule has 2 aliphatic rings. The molecule has 2 aromatic carbocycles. The number of hydrogen-bond acceptors (Lipinski definition) is 3. The van der Waals surface area contributed by atoms with Gasteiger partial charge in [-0.2, -0.15) is 0 Å². The quantitative estimate of drug-likeness (QED) is 0.516. The second-order valence-electron chi connectivity index (χ2n) is 10.3. The molecule has 5 nitrogen and oxygen atoms in total. The molecule has 0 N–H and O–H groups in total. The lowest BCUT2D eigenvalue weighted by Crippen LogP contribution is -2.51. The van der Waals surface area contributed by atoms with Crippen molar-refractivity contribution in [1.82, 2.24) is 9.80 Å². The van der Waals surface area contributed by atoms with Crippen molar-refractivity contribution in [3.8, 4) is 5.75 Å². The van der Waals surface area contributed by atoms with Crippen LogP contribution in [0.5, 0.6) is 5.75 Å². The molecule has 0 aromatic heterocycles. The van der Waals surface area contributed by atoms with E-state index in [9.17, 15) is 9.59 Å². The Hall–Kier alpha value is -2.82. The third kappa shape index (κ3) is 6.48. The maximum absolute atomic E-state index is 13.8. The zero-order valence-electron chi connectivity index (χ0n) is 22.1. The molecule has 0 bridgehead atoms. The van der Waals surface area contributed by atoms with Crippen LogP contribution in [0.15, 0.2) is 48.5 Å². The summed E-state index contributed by atoms with van der Waals surface area (Å²) < 4.78 is 6.65. The number of ether oxygens (including phenoxy) is 1. The molecule has 2 amide bonds. The van der Waals surface area contributed by atoms with E-state index in [1.807, 2.05) is 48.2 Å². The average Bonchev–Trinajstić information content (AvgIpc) is 2.90. The Bertz CT molecular complexity index is 1020. The zero-order chi connectivity index (χ0) is 25.3. The van der Waals surface area contributed by atoms with E-state index in [-0.39, 0.29) is 24.0 Å². The molecule has 0 radical (unpaired) electrons. The predicted molar refractivity (Wildman–Crippen MR) is 144 cm³/mol. The molecule has 1 heterocycles. The van der Waals surface area contributed by atoms with Gasteiger partial charge in [0.1, 0.15) is 11.9 Å². The molecule has 4 rings (SSSR count). The van der Waals surface area contributed by atoms with E-state index < -0.39 is 0 Å². The topological polar surface area (TPSA) is 49.9 Å². The van der Waals surface area contributed by atoms with Gasteiger partial charge in [-0.15, -0.1) is 0 Å². The van der Waals surface area contributed by atoms with E-state index in [1.54, 1.807) is 0 Å². The van der Waals surface area contributed by atoms with Crippen LogP contribution in [0.4, 0.5) is 0 Å². The molecule has 1 fully saturated rings. The number of benzene rings is 2. The second kappa shape index (κ2) is 12.9. The van der Waals surface area contributed by atoms with Crippen LogP contribution in [0.2, 0.25) is 0 Å². The summed E-state index contributed by atoms with van der Waals surface area (Å²) in [5.74, 6) is 0.887. The number of fused-ring (bicyclic) bond motifs is 2. The fraction of sp³-hybridized carbons (Fsp3) is 0.548. The molecule has 1 aliphatic carbocycles. The number of hydrogen-bond donors (Lipinski definition) is 0. The van der Waals surface area contributed by atoms with Crippen LogP contribution in [0.3, 0.4) is 0 Å². The summed E-state index contributed by atoms with van der Waals surface area (Å²) in [6.45, 7) is 6.37. The van der Waals surface area contributed by atoms with E-state index in [0.717, 1.165) is 82.0 Å². The molecule has 0 unspecified atom stereocenters. The van der Waals surface area contributed by atoms with Crippen molar-refractivity contribution in [2.45, 2.75) is 90.2 Å². The van der Waals surface area contributed by atoms with Gasteiger partial charge in [-0.1, -0.05) is 62.1 Å². The Morgan fingerprint density at radius 1 is 0.889 bits per heavy atom. The lowest BCUT2D eigenvalue weighted by Gasteiger charge is -2.40. The summed E-state index contributed by atoms with van der Waals surface area (Å²) in [5, 5.41) is 0. The van der Waals surface area contributed by atoms with E-state index >= 15 is 0 Å². The molecule has 1 aliphatic heterocycles. The van der Waals surface area contributed by atoms with Gasteiger partial charge < -0.3 is 14.5 Å². The first-order valence-corrected chi connectivity index (χ1v) is 14.0. The molecular weight excluding hydrogens is 448 g/mol. The minimum Gasteiger partial charge on any atom is -0.487 e. The summed E-state index contributed by atoms with van der Waals surface area (Å²) in [7, 11) is 0. The van der Waals surface area contributed by atoms with Crippen LogP contribution in [-0.2, 0) is 11.2 Å². The smallest absolute Gasteiger partial charge is 0.257 e. The van der Waals surface area contributed by atoms with E-state index in [0.29, 0.717) is 24.3 Å². The highest BCUT2D eigenvalue weighted by molar-refractivity contribution is 5.97. The standard InChI is InChI=1S/C31H42N2O3/c1-3-32-21-13-5-4-6-14-22-33(30(34)23-25-16-8-7-15-24(25)2)27-18-10-12-20-29(27)36-28-19-11-9-17-26(28)31(32)35/h7-9,11,15-17,19,27,29H,3-6,10,12-14,18,20-23H2,1-2H3/t27-,29+/m1/s1. The van der Waals surface area contributed by atoms with E-state index in [4.69, 9.17) is 4.74 Å². The Morgan fingerprint density at radius 2 is 1.58 bits per heavy atom. The lowest BCUT2D eigenvalue weighted by atomic mass is 9.90. The second-order valence-corrected chi connectivity index (χ2v) is 10.3. The Kier molecular flexibility index (Phi) is 9.43. The Labute approximate surface area is 216 Å². The van der Waals surface area contributed by atoms with Crippen molar-refractivity contribution in [2.75, 3.05) is 19.6 Å². The van der Waals surface area contributed by atoms with Crippen molar-refractivity contribution in [2.24, 2.45) is 0 Å². The highest BCUT2D eigenvalue weighted by Gasteiger charge is 2.35.